The normalized spacial score (nSPS) is 25.6. The van der Waals surface area contributed by atoms with Gasteiger partial charge in [-0.25, -0.2) is 4.99 Å². The van der Waals surface area contributed by atoms with E-state index in [2.05, 4.69) is 42.7 Å². The highest BCUT2D eigenvalue weighted by Gasteiger charge is 2.25. The van der Waals surface area contributed by atoms with Crippen LogP contribution in [0.15, 0.2) is 23.2 Å². The Hall–Kier alpha value is -1.79. The molecule has 3 rings (SSSR count). The summed E-state index contributed by atoms with van der Waals surface area (Å²) < 4.78 is 11.6. The first-order chi connectivity index (χ1) is 13.2. The number of nitrogens with zero attached hydrogens (tertiary/aromatic N) is 1. The molecule has 0 bridgehead atoms. The zero-order valence-electron chi connectivity index (χ0n) is 16.5. The van der Waals surface area contributed by atoms with E-state index in [0.29, 0.717) is 19.1 Å². The molecule has 3 unspecified atom stereocenters. The molecule has 1 aliphatic heterocycles. The third-order valence-electron chi connectivity index (χ3n) is 5.31. The van der Waals surface area contributed by atoms with Crippen LogP contribution < -0.4 is 15.4 Å². The molecule has 1 saturated carbocycles. The Morgan fingerprint density at radius 1 is 1.30 bits per heavy atom. The summed E-state index contributed by atoms with van der Waals surface area (Å²) in [6.07, 6.45) is 3.97. The van der Waals surface area contributed by atoms with E-state index in [0.717, 1.165) is 62.7 Å². The summed E-state index contributed by atoms with van der Waals surface area (Å²) in [5.74, 6) is 2.00. The van der Waals surface area contributed by atoms with Gasteiger partial charge in [0.2, 0.25) is 0 Å². The van der Waals surface area contributed by atoms with Gasteiger partial charge in [0.1, 0.15) is 11.9 Å². The number of aliphatic hydroxyl groups is 1. The topological polar surface area (TPSA) is 75.1 Å². The fourth-order valence-corrected chi connectivity index (χ4v) is 3.68. The Balaban J connectivity index is 1.63. The van der Waals surface area contributed by atoms with Crippen LogP contribution in [0.4, 0.5) is 0 Å². The zero-order valence-corrected chi connectivity index (χ0v) is 16.5. The number of guanidine groups is 1. The van der Waals surface area contributed by atoms with Crippen molar-refractivity contribution in [2.45, 2.75) is 58.3 Å². The minimum Gasteiger partial charge on any atom is -0.488 e. The van der Waals surface area contributed by atoms with Gasteiger partial charge in [0, 0.05) is 31.0 Å². The Kier molecular flexibility index (Phi) is 7.35. The molecular formula is C21H33N3O3. The van der Waals surface area contributed by atoms with Crippen molar-refractivity contribution in [2.75, 3.05) is 26.3 Å². The third kappa shape index (κ3) is 5.84. The van der Waals surface area contributed by atoms with Crippen molar-refractivity contribution in [3.05, 3.63) is 29.3 Å². The summed E-state index contributed by atoms with van der Waals surface area (Å²) in [6.45, 7) is 7.66. The molecule has 150 valence electrons. The summed E-state index contributed by atoms with van der Waals surface area (Å²) in [7, 11) is 0. The molecule has 0 spiro atoms. The van der Waals surface area contributed by atoms with E-state index in [1.54, 1.807) is 0 Å². The molecule has 6 heteroatoms. The SMILES string of the molecule is CCNC(=NCc1ccc(C)cc1OC1CCOC1)NCC1CCCC1O. The summed E-state index contributed by atoms with van der Waals surface area (Å²) in [4.78, 5) is 4.74. The van der Waals surface area contributed by atoms with Gasteiger partial charge < -0.3 is 25.2 Å². The van der Waals surface area contributed by atoms with E-state index in [4.69, 9.17) is 14.5 Å². The first-order valence-corrected chi connectivity index (χ1v) is 10.2. The quantitative estimate of drug-likeness (QED) is 0.504. The van der Waals surface area contributed by atoms with Crippen LogP contribution in [0.25, 0.3) is 0 Å². The second-order valence-electron chi connectivity index (χ2n) is 7.55. The van der Waals surface area contributed by atoms with Crippen LogP contribution in [0.2, 0.25) is 0 Å². The first-order valence-electron chi connectivity index (χ1n) is 10.2. The fraction of sp³-hybridized carbons (Fsp3) is 0.667. The maximum Gasteiger partial charge on any atom is 0.191 e. The highest BCUT2D eigenvalue weighted by molar-refractivity contribution is 5.79. The minimum atomic E-state index is -0.189. The van der Waals surface area contributed by atoms with Gasteiger partial charge in [-0.3, -0.25) is 0 Å². The van der Waals surface area contributed by atoms with Crippen LogP contribution in [-0.2, 0) is 11.3 Å². The Morgan fingerprint density at radius 3 is 2.89 bits per heavy atom. The Bertz CT molecular complexity index is 629. The van der Waals surface area contributed by atoms with Gasteiger partial charge in [-0.1, -0.05) is 18.6 Å². The number of aryl methyl sites for hydroxylation is 1. The summed E-state index contributed by atoms with van der Waals surface area (Å²) in [5.41, 5.74) is 2.25. The van der Waals surface area contributed by atoms with Crippen molar-refractivity contribution in [1.82, 2.24) is 10.6 Å². The number of nitrogens with one attached hydrogen (secondary N) is 2. The number of aliphatic hydroxyl groups excluding tert-OH is 1. The van der Waals surface area contributed by atoms with E-state index in [-0.39, 0.29) is 12.2 Å². The average Bonchev–Trinajstić information content (AvgIpc) is 3.30. The van der Waals surface area contributed by atoms with Gasteiger partial charge in [0.15, 0.2) is 5.96 Å². The van der Waals surface area contributed by atoms with Gasteiger partial charge in [-0.2, -0.15) is 0 Å². The van der Waals surface area contributed by atoms with Crippen LogP contribution in [-0.4, -0.2) is 49.6 Å². The van der Waals surface area contributed by atoms with E-state index in [1.807, 2.05) is 0 Å². The maximum absolute atomic E-state index is 10.0. The lowest BCUT2D eigenvalue weighted by atomic mass is 10.1. The van der Waals surface area contributed by atoms with Crippen LogP contribution >= 0.6 is 0 Å². The molecule has 6 nitrogen and oxygen atoms in total. The molecule has 3 atom stereocenters. The van der Waals surface area contributed by atoms with Gasteiger partial charge in [0.25, 0.3) is 0 Å². The summed E-state index contributed by atoms with van der Waals surface area (Å²) >= 11 is 0. The standard InChI is InChI=1S/C21H33N3O3/c1-3-22-21(23-12-16-5-4-6-19(16)25)24-13-17-8-7-15(2)11-20(17)27-18-9-10-26-14-18/h7-8,11,16,18-19,25H,3-6,9-10,12-14H2,1-2H3,(H2,22,23,24). The van der Waals surface area contributed by atoms with Crippen molar-refractivity contribution in [1.29, 1.82) is 0 Å². The van der Waals surface area contributed by atoms with Gasteiger partial charge >= 0.3 is 0 Å². The molecule has 27 heavy (non-hydrogen) atoms. The molecule has 2 aliphatic rings. The largest absolute Gasteiger partial charge is 0.488 e. The number of hydrogen-bond donors (Lipinski definition) is 3. The number of benzene rings is 1. The third-order valence-corrected chi connectivity index (χ3v) is 5.31. The van der Waals surface area contributed by atoms with Gasteiger partial charge in [-0.15, -0.1) is 0 Å². The fourth-order valence-electron chi connectivity index (χ4n) is 3.68. The lowest BCUT2D eigenvalue weighted by molar-refractivity contribution is 0.134. The molecule has 3 N–H and O–H groups in total. The van der Waals surface area contributed by atoms with Crippen molar-refractivity contribution in [3.8, 4) is 5.75 Å². The first kappa shape index (κ1) is 20.0. The van der Waals surface area contributed by atoms with Gasteiger partial charge in [0.05, 0.1) is 25.9 Å². The number of ether oxygens (including phenoxy) is 2. The zero-order chi connectivity index (χ0) is 19.1. The van der Waals surface area contributed by atoms with E-state index < -0.39 is 0 Å². The molecule has 0 aromatic heterocycles. The highest BCUT2D eigenvalue weighted by atomic mass is 16.5. The average molecular weight is 376 g/mol. The number of aliphatic imine (C=N–C) groups is 1. The monoisotopic (exact) mass is 375 g/mol. The van der Waals surface area contributed by atoms with Crippen LogP contribution in [0.5, 0.6) is 5.75 Å². The van der Waals surface area contributed by atoms with Crippen LogP contribution in [0.3, 0.4) is 0 Å². The molecule has 2 fully saturated rings. The summed E-state index contributed by atoms with van der Waals surface area (Å²) in [6, 6.07) is 6.27. The molecule has 1 saturated heterocycles. The summed E-state index contributed by atoms with van der Waals surface area (Å²) in [5, 5.41) is 16.7. The van der Waals surface area contributed by atoms with Crippen molar-refractivity contribution < 1.29 is 14.6 Å². The molecule has 1 aromatic carbocycles. The van der Waals surface area contributed by atoms with Crippen molar-refractivity contribution in [3.63, 3.8) is 0 Å². The van der Waals surface area contributed by atoms with Crippen LogP contribution in [0, 0.1) is 12.8 Å². The van der Waals surface area contributed by atoms with E-state index in [9.17, 15) is 5.11 Å². The predicted octanol–water partition coefficient (Wildman–Crippen LogP) is 2.38. The molecule has 0 amide bonds. The second-order valence-corrected chi connectivity index (χ2v) is 7.55. The lowest BCUT2D eigenvalue weighted by Crippen LogP contribution is -2.41. The number of rotatable bonds is 7. The molecule has 0 radical (unpaired) electrons. The van der Waals surface area contributed by atoms with Crippen LogP contribution in [0.1, 0.15) is 43.7 Å². The Morgan fingerprint density at radius 2 is 2.19 bits per heavy atom. The Labute approximate surface area is 162 Å². The lowest BCUT2D eigenvalue weighted by Gasteiger charge is -2.18. The molecule has 1 heterocycles. The van der Waals surface area contributed by atoms with Crippen molar-refractivity contribution in [2.24, 2.45) is 10.9 Å². The smallest absolute Gasteiger partial charge is 0.191 e. The molecule has 1 aromatic rings. The maximum atomic E-state index is 10.0. The minimum absolute atomic E-state index is 0.129. The molecule has 1 aliphatic carbocycles. The van der Waals surface area contributed by atoms with E-state index >= 15 is 0 Å². The second kappa shape index (κ2) is 9.95. The highest BCUT2D eigenvalue weighted by Crippen LogP contribution is 2.25. The van der Waals surface area contributed by atoms with Crippen molar-refractivity contribution >= 4 is 5.96 Å². The number of hydrogen-bond acceptors (Lipinski definition) is 4. The van der Waals surface area contributed by atoms with Gasteiger partial charge in [-0.05, 0) is 38.3 Å². The van der Waals surface area contributed by atoms with E-state index in [1.165, 1.54) is 5.56 Å². The molecular weight excluding hydrogens is 342 g/mol. The predicted molar refractivity (Wildman–Crippen MR) is 107 cm³/mol.